The summed E-state index contributed by atoms with van der Waals surface area (Å²) in [6.07, 6.45) is 1.66. The van der Waals surface area contributed by atoms with Crippen LogP contribution in [-0.2, 0) is 11.3 Å². The van der Waals surface area contributed by atoms with Crippen molar-refractivity contribution in [2.45, 2.75) is 27.3 Å². The molecule has 2 heterocycles. The molecule has 2 aromatic heterocycles. The number of thiocarbonyl (C=S) groups is 1. The summed E-state index contributed by atoms with van der Waals surface area (Å²) in [5.41, 5.74) is 1.68. The zero-order valence-electron chi connectivity index (χ0n) is 19.6. The van der Waals surface area contributed by atoms with E-state index in [0.29, 0.717) is 50.9 Å². The molecule has 0 radical (unpaired) electrons. The molecule has 0 spiro atoms. The van der Waals surface area contributed by atoms with E-state index in [9.17, 15) is 9.59 Å². The number of thiophene rings is 1. The van der Waals surface area contributed by atoms with Crippen LogP contribution in [0, 0.1) is 6.92 Å². The van der Waals surface area contributed by atoms with Crippen LogP contribution in [0.5, 0.6) is 0 Å². The first kappa shape index (κ1) is 26.9. The topological polar surface area (TPSA) is 88.5 Å². The highest BCUT2D eigenvalue weighted by Crippen LogP contribution is 2.35. The quantitative estimate of drug-likeness (QED) is 0.273. The van der Waals surface area contributed by atoms with Gasteiger partial charge in [0.05, 0.1) is 24.1 Å². The van der Waals surface area contributed by atoms with E-state index in [1.54, 1.807) is 28.8 Å². The molecule has 1 amide bonds. The smallest absolute Gasteiger partial charge is 0.341 e. The number of aromatic nitrogens is 2. The van der Waals surface area contributed by atoms with E-state index in [1.807, 2.05) is 32.0 Å². The van der Waals surface area contributed by atoms with Crippen molar-refractivity contribution in [1.82, 2.24) is 14.7 Å². The predicted octanol–water partition coefficient (Wildman–Crippen LogP) is 5.69. The lowest BCUT2D eigenvalue weighted by molar-refractivity contribution is 0.0601. The lowest BCUT2D eigenvalue weighted by Gasteiger charge is -2.17. The largest absolute Gasteiger partial charge is 0.465 e. The van der Waals surface area contributed by atoms with Crippen molar-refractivity contribution in [3.63, 3.8) is 0 Å². The number of nitrogens with one attached hydrogen (secondary N) is 2. The normalized spacial score (nSPS) is 10.7. The Morgan fingerprint density at radius 3 is 2.49 bits per heavy atom. The van der Waals surface area contributed by atoms with Gasteiger partial charge in [-0.15, -0.1) is 11.3 Å². The van der Waals surface area contributed by atoms with Crippen molar-refractivity contribution in [1.29, 1.82) is 0 Å². The molecule has 0 atom stereocenters. The van der Waals surface area contributed by atoms with Gasteiger partial charge in [-0.3, -0.25) is 9.48 Å². The number of methoxy groups -OCH3 is 1. The van der Waals surface area contributed by atoms with E-state index in [0.717, 1.165) is 16.9 Å². The van der Waals surface area contributed by atoms with Crippen molar-refractivity contribution in [2.24, 2.45) is 0 Å². The van der Waals surface area contributed by atoms with Crippen LogP contribution in [0.2, 0.25) is 10.0 Å². The van der Waals surface area contributed by atoms with Gasteiger partial charge in [-0.2, -0.15) is 5.10 Å². The molecular weight excluding hydrogens is 529 g/mol. The second-order valence-corrected chi connectivity index (χ2v) is 9.67. The minimum Gasteiger partial charge on any atom is -0.465 e. The average Bonchev–Trinajstić information content (AvgIpc) is 3.33. The molecule has 1 aromatic carbocycles. The number of anilines is 2. The highest BCUT2D eigenvalue weighted by atomic mass is 35.5. The lowest BCUT2D eigenvalue weighted by atomic mass is 10.1. The Hall–Kier alpha value is -2.66. The van der Waals surface area contributed by atoms with Gasteiger partial charge in [0.25, 0.3) is 5.91 Å². The van der Waals surface area contributed by atoms with Gasteiger partial charge >= 0.3 is 5.97 Å². The molecule has 35 heavy (non-hydrogen) atoms. The monoisotopic (exact) mass is 553 g/mol. The highest BCUT2D eigenvalue weighted by Gasteiger charge is 2.27. The number of ether oxygens (including phenoxy) is 1. The zero-order chi connectivity index (χ0) is 25.7. The predicted molar refractivity (Wildman–Crippen MR) is 145 cm³/mol. The van der Waals surface area contributed by atoms with Crippen LogP contribution in [0.1, 0.15) is 45.0 Å². The molecule has 0 bridgehead atoms. The SMILES string of the molecule is CCN(CC)C(=O)c1sc(NC(=S)Nc2nn(Cc3ccccc3Cl)cc2Cl)c(C(=O)OC)c1C. The zero-order valence-corrected chi connectivity index (χ0v) is 22.8. The van der Waals surface area contributed by atoms with Crippen LogP contribution >= 0.6 is 46.8 Å². The van der Waals surface area contributed by atoms with Crippen LogP contribution in [-0.4, -0.2) is 51.9 Å². The maximum Gasteiger partial charge on any atom is 0.341 e. The summed E-state index contributed by atoms with van der Waals surface area (Å²) < 4.78 is 6.59. The van der Waals surface area contributed by atoms with E-state index in [1.165, 1.54) is 7.11 Å². The van der Waals surface area contributed by atoms with E-state index in [2.05, 4.69) is 15.7 Å². The molecular formula is C23H25Cl2N5O3S2. The molecule has 3 rings (SSSR count). The Morgan fingerprint density at radius 1 is 1.17 bits per heavy atom. The molecule has 12 heteroatoms. The Bertz CT molecular complexity index is 1250. The van der Waals surface area contributed by atoms with Crippen molar-refractivity contribution in [3.05, 3.63) is 62.1 Å². The molecule has 186 valence electrons. The summed E-state index contributed by atoms with van der Waals surface area (Å²) in [4.78, 5) is 27.6. The summed E-state index contributed by atoms with van der Waals surface area (Å²) in [5.74, 6) is -0.385. The van der Waals surface area contributed by atoms with Gasteiger partial charge in [-0.05, 0) is 50.2 Å². The Labute approximate surface area is 223 Å². The Balaban J connectivity index is 1.81. The number of carbonyl (C=O) groups excluding carboxylic acids is 2. The van der Waals surface area contributed by atoms with Crippen LogP contribution in [0.3, 0.4) is 0 Å². The van der Waals surface area contributed by atoms with Gasteiger partial charge < -0.3 is 20.3 Å². The Morgan fingerprint density at radius 2 is 1.86 bits per heavy atom. The summed E-state index contributed by atoms with van der Waals surface area (Å²) in [5, 5.41) is 11.9. The molecule has 8 nitrogen and oxygen atoms in total. The number of esters is 1. The number of nitrogens with zero attached hydrogens (tertiary/aromatic N) is 3. The van der Waals surface area contributed by atoms with Gasteiger partial charge in [-0.1, -0.05) is 41.4 Å². The van der Waals surface area contributed by atoms with Crippen LogP contribution in [0.15, 0.2) is 30.5 Å². The third kappa shape index (κ3) is 6.13. The van der Waals surface area contributed by atoms with Gasteiger partial charge in [0, 0.05) is 24.3 Å². The first-order valence-corrected chi connectivity index (χ1v) is 12.7. The maximum atomic E-state index is 13.0. The average molecular weight is 555 g/mol. The van der Waals surface area contributed by atoms with Crippen LogP contribution in [0.4, 0.5) is 10.8 Å². The van der Waals surface area contributed by atoms with E-state index < -0.39 is 5.97 Å². The molecule has 0 saturated heterocycles. The van der Waals surface area contributed by atoms with Crippen molar-refractivity contribution < 1.29 is 14.3 Å². The molecule has 0 aliphatic heterocycles. The molecule has 0 unspecified atom stereocenters. The van der Waals surface area contributed by atoms with Gasteiger partial charge in [0.15, 0.2) is 10.9 Å². The van der Waals surface area contributed by atoms with Gasteiger partial charge in [-0.25, -0.2) is 4.79 Å². The molecule has 0 aliphatic carbocycles. The van der Waals surface area contributed by atoms with Crippen molar-refractivity contribution >= 4 is 74.6 Å². The first-order chi connectivity index (χ1) is 16.7. The molecule has 3 aromatic rings. The summed E-state index contributed by atoms with van der Waals surface area (Å²) in [6, 6.07) is 7.46. The molecule has 2 N–H and O–H groups in total. The van der Waals surface area contributed by atoms with E-state index in [-0.39, 0.29) is 16.6 Å². The first-order valence-electron chi connectivity index (χ1n) is 10.7. The number of amides is 1. The van der Waals surface area contributed by atoms with E-state index >= 15 is 0 Å². The Kier molecular flexibility index (Phi) is 9.12. The third-order valence-corrected chi connectivity index (χ3v) is 7.29. The number of carbonyl (C=O) groups is 2. The van der Waals surface area contributed by atoms with Crippen molar-refractivity contribution in [3.8, 4) is 0 Å². The summed E-state index contributed by atoms with van der Waals surface area (Å²) in [7, 11) is 1.29. The number of hydrogen-bond acceptors (Lipinski definition) is 6. The highest BCUT2D eigenvalue weighted by molar-refractivity contribution is 7.80. The second kappa shape index (κ2) is 11.9. The molecule has 0 aliphatic rings. The number of rotatable bonds is 8. The minimum atomic E-state index is -0.565. The standard InChI is InChI=1S/C23H25Cl2N5O3S2/c1-5-29(6-2)21(31)18-13(3)17(22(32)33-4)20(35-18)27-23(34)26-19-16(25)12-30(28-19)11-14-9-7-8-10-15(14)24/h7-10,12H,5-6,11H2,1-4H3,(H2,26,27,28,34). The van der Waals surface area contributed by atoms with Crippen LogP contribution < -0.4 is 10.6 Å². The van der Waals surface area contributed by atoms with Gasteiger partial charge in [0.2, 0.25) is 0 Å². The minimum absolute atomic E-state index is 0.156. The van der Waals surface area contributed by atoms with Crippen molar-refractivity contribution in [2.75, 3.05) is 30.8 Å². The summed E-state index contributed by atoms with van der Waals surface area (Å²) in [6.45, 7) is 7.05. The van der Waals surface area contributed by atoms with E-state index in [4.69, 9.17) is 40.2 Å². The fraction of sp³-hybridized carbons (Fsp3) is 0.304. The lowest BCUT2D eigenvalue weighted by Crippen LogP contribution is -2.30. The maximum absolute atomic E-state index is 13.0. The van der Waals surface area contributed by atoms with Gasteiger partial charge in [0.1, 0.15) is 10.0 Å². The fourth-order valence-electron chi connectivity index (χ4n) is 3.41. The third-order valence-electron chi connectivity index (χ3n) is 5.25. The number of benzene rings is 1. The fourth-order valence-corrected chi connectivity index (χ4v) is 5.24. The van der Waals surface area contributed by atoms with Crippen LogP contribution in [0.25, 0.3) is 0 Å². The number of hydrogen-bond donors (Lipinski definition) is 2. The summed E-state index contributed by atoms with van der Waals surface area (Å²) >= 11 is 19.2. The second-order valence-electron chi connectivity index (χ2n) is 7.42. The molecule has 0 saturated carbocycles. The number of halogens is 2. The molecule has 0 fully saturated rings.